The zero-order valence-electron chi connectivity index (χ0n) is 12.8. The van der Waals surface area contributed by atoms with Gasteiger partial charge >= 0.3 is 0 Å². The topological polar surface area (TPSA) is 86.9 Å². The zero-order valence-corrected chi connectivity index (χ0v) is 12.8. The first-order valence-corrected chi connectivity index (χ1v) is 7.45. The van der Waals surface area contributed by atoms with Crippen molar-refractivity contribution in [1.29, 1.82) is 0 Å². The fraction of sp³-hybridized carbons (Fsp3) is 0.0556. The first-order valence-electron chi connectivity index (χ1n) is 7.45. The third-order valence-electron chi connectivity index (χ3n) is 3.36. The van der Waals surface area contributed by atoms with Crippen molar-refractivity contribution in [2.24, 2.45) is 0 Å². The maximum atomic E-state index is 12.0. The predicted molar refractivity (Wildman–Crippen MR) is 91.4 cm³/mol. The largest absolute Gasteiger partial charge is 0.345 e. The summed E-state index contributed by atoms with van der Waals surface area (Å²) < 4.78 is 0. The van der Waals surface area contributed by atoms with Crippen molar-refractivity contribution in [3.8, 4) is 11.4 Å². The smallest absolute Gasteiger partial charge is 0.251 e. The molecule has 1 heterocycles. The summed E-state index contributed by atoms with van der Waals surface area (Å²) in [6.07, 6.45) is 3.40. The number of nitrogens with one attached hydrogen (secondary N) is 3. The van der Waals surface area contributed by atoms with Gasteiger partial charge in [-0.1, -0.05) is 30.3 Å². The summed E-state index contributed by atoms with van der Waals surface area (Å²) >= 11 is 0. The van der Waals surface area contributed by atoms with Gasteiger partial charge < -0.3 is 15.6 Å². The maximum absolute atomic E-state index is 12.0. The summed E-state index contributed by atoms with van der Waals surface area (Å²) in [5.74, 6) is 0.148. The molecule has 0 atom stereocenters. The lowest BCUT2D eigenvalue weighted by Gasteiger charge is -2.08. The van der Waals surface area contributed by atoms with Gasteiger partial charge in [0.05, 0.1) is 6.54 Å². The van der Waals surface area contributed by atoms with E-state index < -0.39 is 0 Å². The van der Waals surface area contributed by atoms with Gasteiger partial charge in [0, 0.05) is 29.2 Å². The van der Waals surface area contributed by atoms with Crippen LogP contribution in [-0.2, 0) is 4.79 Å². The number of rotatable bonds is 5. The summed E-state index contributed by atoms with van der Waals surface area (Å²) in [5, 5.41) is 5.35. The molecule has 0 radical (unpaired) electrons. The summed E-state index contributed by atoms with van der Waals surface area (Å²) in [4.78, 5) is 31.1. The highest BCUT2D eigenvalue weighted by Crippen LogP contribution is 2.18. The Balaban J connectivity index is 1.57. The molecule has 120 valence electrons. The minimum Gasteiger partial charge on any atom is -0.345 e. The van der Waals surface area contributed by atoms with Crippen LogP contribution < -0.4 is 10.6 Å². The molecule has 6 nitrogen and oxygen atoms in total. The lowest BCUT2D eigenvalue weighted by molar-refractivity contribution is -0.115. The first-order chi connectivity index (χ1) is 11.7. The van der Waals surface area contributed by atoms with Crippen molar-refractivity contribution in [2.45, 2.75) is 0 Å². The molecule has 2 aromatic carbocycles. The Morgan fingerprint density at radius 2 is 1.88 bits per heavy atom. The van der Waals surface area contributed by atoms with Gasteiger partial charge in [0.2, 0.25) is 5.91 Å². The molecular formula is C18H16N4O2. The third-order valence-corrected chi connectivity index (χ3v) is 3.36. The highest BCUT2D eigenvalue weighted by Gasteiger charge is 2.08. The lowest BCUT2D eigenvalue weighted by Crippen LogP contribution is -2.32. The number of H-pyrrole nitrogens is 1. The Labute approximate surface area is 138 Å². The van der Waals surface area contributed by atoms with E-state index in [1.165, 1.54) is 0 Å². The van der Waals surface area contributed by atoms with E-state index in [1.807, 2.05) is 24.3 Å². The number of aromatic amines is 1. The van der Waals surface area contributed by atoms with Crippen LogP contribution in [-0.4, -0.2) is 28.3 Å². The van der Waals surface area contributed by atoms with Gasteiger partial charge in [-0.3, -0.25) is 9.59 Å². The van der Waals surface area contributed by atoms with Crippen molar-refractivity contribution < 1.29 is 9.59 Å². The summed E-state index contributed by atoms with van der Waals surface area (Å²) in [7, 11) is 0. The molecular weight excluding hydrogens is 304 g/mol. The van der Waals surface area contributed by atoms with E-state index in [4.69, 9.17) is 0 Å². The molecule has 1 aromatic heterocycles. The van der Waals surface area contributed by atoms with E-state index in [0.29, 0.717) is 11.3 Å². The van der Waals surface area contributed by atoms with Crippen molar-refractivity contribution in [1.82, 2.24) is 15.3 Å². The number of hydrogen-bond acceptors (Lipinski definition) is 3. The van der Waals surface area contributed by atoms with Crippen molar-refractivity contribution in [3.05, 3.63) is 72.6 Å². The van der Waals surface area contributed by atoms with E-state index >= 15 is 0 Å². The number of carbonyl (C=O) groups is 2. The molecule has 0 unspecified atom stereocenters. The average Bonchev–Trinajstić information content (AvgIpc) is 3.15. The summed E-state index contributed by atoms with van der Waals surface area (Å²) in [6, 6.07) is 16.1. The Morgan fingerprint density at radius 1 is 1.04 bits per heavy atom. The van der Waals surface area contributed by atoms with E-state index in [0.717, 1.165) is 11.4 Å². The van der Waals surface area contributed by atoms with Crippen LogP contribution in [0.4, 0.5) is 5.69 Å². The maximum Gasteiger partial charge on any atom is 0.251 e. The first kappa shape index (κ1) is 15.5. The molecule has 0 saturated heterocycles. The van der Waals surface area contributed by atoms with Gasteiger partial charge in [0.15, 0.2) is 0 Å². The van der Waals surface area contributed by atoms with Gasteiger partial charge in [0.1, 0.15) is 5.82 Å². The fourth-order valence-electron chi connectivity index (χ4n) is 2.22. The SMILES string of the molecule is O=C(CNC(=O)c1ccccc1)Nc1cccc(-c2ncc[nH]2)c1. The lowest BCUT2D eigenvalue weighted by atomic mass is 10.2. The second-order valence-electron chi connectivity index (χ2n) is 5.12. The second-order valence-corrected chi connectivity index (χ2v) is 5.12. The minimum atomic E-state index is -0.295. The van der Waals surface area contributed by atoms with Gasteiger partial charge in [-0.25, -0.2) is 4.98 Å². The molecule has 2 amide bonds. The van der Waals surface area contributed by atoms with E-state index in [-0.39, 0.29) is 18.4 Å². The Morgan fingerprint density at radius 3 is 2.62 bits per heavy atom. The molecule has 0 aliphatic carbocycles. The molecule has 6 heteroatoms. The molecule has 0 spiro atoms. The Kier molecular flexibility index (Phi) is 4.67. The Bertz CT molecular complexity index is 829. The fourth-order valence-corrected chi connectivity index (χ4v) is 2.22. The van der Waals surface area contributed by atoms with Crippen LogP contribution in [0.5, 0.6) is 0 Å². The molecule has 3 N–H and O–H groups in total. The molecule has 3 rings (SSSR count). The van der Waals surface area contributed by atoms with Gasteiger partial charge in [-0.2, -0.15) is 0 Å². The van der Waals surface area contributed by atoms with Crippen molar-refractivity contribution in [3.63, 3.8) is 0 Å². The molecule has 0 bridgehead atoms. The van der Waals surface area contributed by atoms with Crippen LogP contribution in [0.3, 0.4) is 0 Å². The second kappa shape index (κ2) is 7.23. The molecule has 0 saturated carbocycles. The highest BCUT2D eigenvalue weighted by atomic mass is 16.2. The molecule has 0 aliphatic heterocycles. The van der Waals surface area contributed by atoms with E-state index in [2.05, 4.69) is 20.6 Å². The standard InChI is InChI=1S/C18H16N4O2/c23-16(12-21-18(24)13-5-2-1-3-6-13)22-15-8-4-7-14(11-15)17-19-9-10-20-17/h1-11H,12H2,(H,19,20)(H,21,24)(H,22,23). The minimum absolute atomic E-state index is 0.0985. The van der Waals surface area contributed by atoms with Gasteiger partial charge in [-0.05, 0) is 24.3 Å². The molecule has 0 aliphatic rings. The van der Waals surface area contributed by atoms with Crippen LogP contribution in [0.2, 0.25) is 0 Å². The van der Waals surface area contributed by atoms with Crippen LogP contribution in [0.1, 0.15) is 10.4 Å². The zero-order chi connectivity index (χ0) is 16.8. The average molecular weight is 320 g/mol. The number of benzene rings is 2. The number of amides is 2. The molecule has 24 heavy (non-hydrogen) atoms. The normalized spacial score (nSPS) is 10.2. The van der Waals surface area contributed by atoms with Crippen LogP contribution in [0.15, 0.2) is 67.0 Å². The van der Waals surface area contributed by atoms with E-state index in [1.54, 1.807) is 42.7 Å². The van der Waals surface area contributed by atoms with Crippen molar-refractivity contribution in [2.75, 3.05) is 11.9 Å². The Hall–Kier alpha value is -3.41. The predicted octanol–water partition coefficient (Wildman–Crippen LogP) is 2.45. The van der Waals surface area contributed by atoms with E-state index in [9.17, 15) is 9.59 Å². The van der Waals surface area contributed by atoms with Crippen LogP contribution >= 0.6 is 0 Å². The monoisotopic (exact) mass is 320 g/mol. The summed E-state index contributed by atoms with van der Waals surface area (Å²) in [6.45, 7) is -0.0985. The number of imidazole rings is 1. The number of carbonyl (C=O) groups excluding carboxylic acids is 2. The van der Waals surface area contributed by atoms with Crippen molar-refractivity contribution >= 4 is 17.5 Å². The van der Waals surface area contributed by atoms with Gasteiger partial charge in [-0.15, -0.1) is 0 Å². The van der Waals surface area contributed by atoms with Crippen LogP contribution in [0.25, 0.3) is 11.4 Å². The highest BCUT2D eigenvalue weighted by molar-refractivity contribution is 5.99. The third kappa shape index (κ3) is 3.86. The quantitative estimate of drug-likeness (QED) is 0.675. The number of nitrogens with zero attached hydrogens (tertiary/aromatic N) is 1. The number of hydrogen-bond donors (Lipinski definition) is 3. The summed E-state index contributed by atoms with van der Waals surface area (Å²) in [5.41, 5.74) is 2.03. The number of aromatic nitrogens is 2. The molecule has 3 aromatic rings. The number of anilines is 1. The van der Waals surface area contributed by atoms with Gasteiger partial charge in [0.25, 0.3) is 5.91 Å². The van der Waals surface area contributed by atoms with Crippen LogP contribution in [0, 0.1) is 0 Å². The molecule has 0 fully saturated rings.